The lowest BCUT2D eigenvalue weighted by Gasteiger charge is -2.04. The SMILES string of the molecule is O=C(Cc1csc(Nc2ccccn2)n1)Nc1cccc(Br)c1. The average molecular weight is 389 g/mol. The first-order valence-electron chi connectivity index (χ1n) is 6.87. The molecule has 0 atom stereocenters. The van der Waals surface area contributed by atoms with E-state index < -0.39 is 0 Å². The number of amides is 1. The summed E-state index contributed by atoms with van der Waals surface area (Å²) in [4.78, 5) is 20.6. The lowest BCUT2D eigenvalue weighted by molar-refractivity contribution is -0.115. The highest BCUT2D eigenvalue weighted by Gasteiger charge is 2.09. The zero-order chi connectivity index (χ0) is 16.1. The largest absolute Gasteiger partial charge is 0.326 e. The van der Waals surface area contributed by atoms with Crippen LogP contribution >= 0.6 is 27.3 Å². The maximum Gasteiger partial charge on any atom is 0.230 e. The second-order valence-corrected chi connectivity index (χ2v) is 6.49. The molecule has 0 radical (unpaired) electrons. The molecule has 0 saturated carbocycles. The Morgan fingerprint density at radius 1 is 1.22 bits per heavy atom. The van der Waals surface area contributed by atoms with Crippen LogP contribution in [-0.4, -0.2) is 15.9 Å². The molecular weight excluding hydrogens is 376 g/mol. The molecule has 2 heterocycles. The van der Waals surface area contributed by atoms with Crippen LogP contribution in [0.5, 0.6) is 0 Å². The van der Waals surface area contributed by atoms with Gasteiger partial charge in [-0.2, -0.15) is 0 Å². The lowest BCUT2D eigenvalue weighted by Crippen LogP contribution is -2.14. The number of halogens is 1. The molecule has 0 fully saturated rings. The average Bonchev–Trinajstić information content (AvgIpc) is 2.95. The van der Waals surface area contributed by atoms with E-state index in [1.807, 2.05) is 47.8 Å². The number of anilines is 3. The summed E-state index contributed by atoms with van der Waals surface area (Å²) < 4.78 is 0.922. The summed E-state index contributed by atoms with van der Waals surface area (Å²) in [5.74, 6) is 0.629. The molecule has 116 valence electrons. The normalized spacial score (nSPS) is 10.3. The first-order chi connectivity index (χ1) is 11.2. The van der Waals surface area contributed by atoms with E-state index >= 15 is 0 Å². The van der Waals surface area contributed by atoms with Gasteiger partial charge in [-0.05, 0) is 30.3 Å². The number of thiazole rings is 1. The predicted octanol–water partition coefficient (Wildman–Crippen LogP) is 4.23. The Bertz CT molecular complexity index is 807. The second kappa shape index (κ2) is 7.34. The first kappa shape index (κ1) is 15.6. The van der Waals surface area contributed by atoms with Gasteiger partial charge >= 0.3 is 0 Å². The number of carbonyl (C=O) groups excluding carboxylic acids is 1. The number of nitrogens with zero attached hydrogens (tertiary/aromatic N) is 2. The third-order valence-corrected chi connectivity index (χ3v) is 4.20. The number of rotatable bonds is 5. The van der Waals surface area contributed by atoms with Crippen LogP contribution in [-0.2, 0) is 11.2 Å². The Balaban J connectivity index is 1.59. The fourth-order valence-electron chi connectivity index (χ4n) is 1.93. The summed E-state index contributed by atoms with van der Waals surface area (Å²) >= 11 is 4.82. The summed E-state index contributed by atoms with van der Waals surface area (Å²) in [5.41, 5.74) is 1.48. The van der Waals surface area contributed by atoms with Crippen molar-refractivity contribution in [1.29, 1.82) is 0 Å². The van der Waals surface area contributed by atoms with E-state index in [-0.39, 0.29) is 12.3 Å². The number of carbonyl (C=O) groups is 1. The molecule has 0 saturated heterocycles. The molecule has 7 heteroatoms. The molecule has 2 aromatic heterocycles. The van der Waals surface area contributed by atoms with Crippen LogP contribution < -0.4 is 10.6 Å². The van der Waals surface area contributed by atoms with Gasteiger partial charge in [-0.15, -0.1) is 11.3 Å². The third-order valence-electron chi connectivity index (χ3n) is 2.90. The molecule has 2 N–H and O–H groups in total. The van der Waals surface area contributed by atoms with Crippen molar-refractivity contribution in [2.24, 2.45) is 0 Å². The number of hydrogen-bond donors (Lipinski definition) is 2. The number of pyridine rings is 1. The second-order valence-electron chi connectivity index (χ2n) is 4.72. The van der Waals surface area contributed by atoms with Gasteiger partial charge in [0.1, 0.15) is 5.82 Å². The summed E-state index contributed by atoms with van der Waals surface area (Å²) in [5, 5.41) is 8.55. The zero-order valence-corrected chi connectivity index (χ0v) is 14.4. The van der Waals surface area contributed by atoms with E-state index in [1.54, 1.807) is 6.20 Å². The van der Waals surface area contributed by atoms with Gasteiger partial charge in [0.15, 0.2) is 5.13 Å². The molecular formula is C16H13BrN4OS. The minimum Gasteiger partial charge on any atom is -0.326 e. The van der Waals surface area contributed by atoms with E-state index in [9.17, 15) is 4.79 Å². The van der Waals surface area contributed by atoms with Crippen LogP contribution in [0.1, 0.15) is 5.69 Å². The van der Waals surface area contributed by atoms with Gasteiger partial charge in [-0.3, -0.25) is 4.79 Å². The number of aromatic nitrogens is 2. The predicted molar refractivity (Wildman–Crippen MR) is 96.1 cm³/mol. The van der Waals surface area contributed by atoms with Crippen molar-refractivity contribution in [3.8, 4) is 0 Å². The van der Waals surface area contributed by atoms with Crippen LogP contribution in [0.25, 0.3) is 0 Å². The van der Waals surface area contributed by atoms with Gasteiger partial charge in [0.05, 0.1) is 12.1 Å². The van der Waals surface area contributed by atoms with Crippen LogP contribution in [0.3, 0.4) is 0 Å². The first-order valence-corrected chi connectivity index (χ1v) is 8.54. The van der Waals surface area contributed by atoms with Crippen molar-refractivity contribution in [1.82, 2.24) is 9.97 Å². The van der Waals surface area contributed by atoms with Gasteiger partial charge in [-0.1, -0.05) is 28.1 Å². The summed E-state index contributed by atoms with van der Waals surface area (Å²) in [6.45, 7) is 0. The highest BCUT2D eigenvalue weighted by Crippen LogP contribution is 2.20. The van der Waals surface area contributed by atoms with E-state index in [1.165, 1.54) is 11.3 Å². The van der Waals surface area contributed by atoms with Gasteiger partial charge in [0, 0.05) is 21.7 Å². The van der Waals surface area contributed by atoms with Crippen molar-refractivity contribution in [3.63, 3.8) is 0 Å². The molecule has 0 bridgehead atoms. The van der Waals surface area contributed by atoms with Crippen molar-refractivity contribution >= 4 is 49.8 Å². The number of benzene rings is 1. The van der Waals surface area contributed by atoms with Crippen LogP contribution in [0.15, 0.2) is 58.5 Å². The molecule has 3 rings (SSSR count). The molecule has 1 amide bonds. The van der Waals surface area contributed by atoms with E-state index in [4.69, 9.17) is 0 Å². The molecule has 0 aliphatic carbocycles. The standard InChI is InChI=1S/C16H13BrN4OS/c17-11-4-3-5-12(8-11)19-15(22)9-13-10-23-16(20-13)21-14-6-1-2-7-18-14/h1-8,10H,9H2,(H,19,22)(H,18,20,21). The summed E-state index contributed by atoms with van der Waals surface area (Å²) in [6, 6.07) is 13.1. The Hall–Kier alpha value is -2.25. The zero-order valence-electron chi connectivity index (χ0n) is 12.0. The van der Waals surface area contributed by atoms with Crippen molar-refractivity contribution in [3.05, 3.63) is 64.2 Å². The minimum absolute atomic E-state index is 0.0993. The molecule has 5 nitrogen and oxygen atoms in total. The maximum absolute atomic E-state index is 12.1. The fourth-order valence-corrected chi connectivity index (χ4v) is 3.04. The molecule has 0 spiro atoms. The fraction of sp³-hybridized carbons (Fsp3) is 0.0625. The van der Waals surface area contributed by atoms with Gasteiger partial charge < -0.3 is 10.6 Å². The molecule has 23 heavy (non-hydrogen) atoms. The van der Waals surface area contributed by atoms with E-state index in [2.05, 4.69) is 36.5 Å². The Labute approximate surface area is 145 Å². The van der Waals surface area contributed by atoms with Gasteiger partial charge in [0.25, 0.3) is 0 Å². The minimum atomic E-state index is -0.0993. The van der Waals surface area contributed by atoms with Crippen molar-refractivity contribution in [2.45, 2.75) is 6.42 Å². The Morgan fingerprint density at radius 2 is 2.13 bits per heavy atom. The molecule has 0 aliphatic rings. The Morgan fingerprint density at radius 3 is 2.91 bits per heavy atom. The summed E-state index contributed by atoms with van der Waals surface area (Å²) in [6.07, 6.45) is 1.94. The highest BCUT2D eigenvalue weighted by molar-refractivity contribution is 9.10. The van der Waals surface area contributed by atoms with Gasteiger partial charge in [0.2, 0.25) is 5.91 Å². The monoisotopic (exact) mass is 388 g/mol. The summed E-state index contributed by atoms with van der Waals surface area (Å²) in [7, 11) is 0. The van der Waals surface area contributed by atoms with E-state index in [0.717, 1.165) is 21.7 Å². The maximum atomic E-state index is 12.1. The smallest absolute Gasteiger partial charge is 0.230 e. The molecule has 0 aliphatic heterocycles. The third kappa shape index (κ3) is 4.61. The Kier molecular flexibility index (Phi) is 4.99. The van der Waals surface area contributed by atoms with E-state index in [0.29, 0.717) is 5.13 Å². The highest BCUT2D eigenvalue weighted by atomic mass is 79.9. The quantitative estimate of drug-likeness (QED) is 0.686. The van der Waals surface area contributed by atoms with Crippen LogP contribution in [0.2, 0.25) is 0 Å². The topological polar surface area (TPSA) is 66.9 Å². The van der Waals surface area contributed by atoms with Gasteiger partial charge in [-0.25, -0.2) is 9.97 Å². The van der Waals surface area contributed by atoms with Crippen molar-refractivity contribution < 1.29 is 4.79 Å². The molecule has 1 aromatic carbocycles. The molecule has 3 aromatic rings. The lowest BCUT2D eigenvalue weighted by atomic mass is 10.3. The van der Waals surface area contributed by atoms with Crippen LogP contribution in [0, 0.1) is 0 Å². The van der Waals surface area contributed by atoms with Crippen molar-refractivity contribution in [2.75, 3.05) is 10.6 Å². The van der Waals surface area contributed by atoms with Crippen LogP contribution in [0.4, 0.5) is 16.6 Å². The number of hydrogen-bond acceptors (Lipinski definition) is 5. The number of nitrogens with one attached hydrogen (secondary N) is 2. The molecule has 0 unspecified atom stereocenters.